The van der Waals surface area contributed by atoms with Crippen molar-refractivity contribution in [3.63, 3.8) is 0 Å². The first kappa shape index (κ1) is 11.2. The van der Waals surface area contributed by atoms with Gasteiger partial charge in [-0.1, -0.05) is 13.0 Å². The maximum absolute atomic E-state index is 4.30. The summed E-state index contributed by atoms with van der Waals surface area (Å²) in [5.41, 5.74) is 2.57. The predicted octanol–water partition coefficient (Wildman–Crippen LogP) is 2.89. The van der Waals surface area contributed by atoms with E-state index in [2.05, 4.69) is 35.6 Å². The minimum absolute atomic E-state index is 0.389. The SMILES string of the molecule is CCCNCC1(c2cccnc2)CC2(CC2)C1. The average molecular weight is 230 g/mol. The van der Waals surface area contributed by atoms with Crippen LogP contribution in [0, 0.1) is 5.41 Å². The van der Waals surface area contributed by atoms with E-state index in [1.54, 1.807) is 0 Å². The molecule has 0 saturated heterocycles. The molecule has 2 saturated carbocycles. The van der Waals surface area contributed by atoms with E-state index in [9.17, 15) is 0 Å². The number of pyridine rings is 1. The topological polar surface area (TPSA) is 24.9 Å². The highest BCUT2D eigenvalue weighted by molar-refractivity contribution is 5.31. The molecule has 2 aliphatic rings. The molecule has 92 valence electrons. The fourth-order valence-corrected chi connectivity index (χ4v) is 3.53. The molecule has 2 aliphatic carbocycles. The van der Waals surface area contributed by atoms with Crippen LogP contribution in [0.25, 0.3) is 0 Å². The molecule has 0 bridgehead atoms. The monoisotopic (exact) mass is 230 g/mol. The number of hydrogen-bond donors (Lipinski definition) is 1. The lowest BCUT2D eigenvalue weighted by Gasteiger charge is -2.49. The maximum Gasteiger partial charge on any atom is 0.0306 e. The lowest BCUT2D eigenvalue weighted by atomic mass is 9.56. The summed E-state index contributed by atoms with van der Waals surface area (Å²) in [6.45, 7) is 4.50. The van der Waals surface area contributed by atoms with E-state index >= 15 is 0 Å². The van der Waals surface area contributed by atoms with Crippen LogP contribution in [0.3, 0.4) is 0 Å². The van der Waals surface area contributed by atoms with Gasteiger partial charge in [0.15, 0.2) is 0 Å². The van der Waals surface area contributed by atoms with Gasteiger partial charge >= 0.3 is 0 Å². The van der Waals surface area contributed by atoms with E-state index in [0.29, 0.717) is 5.41 Å². The van der Waals surface area contributed by atoms with Crippen LogP contribution in [0.1, 0.15) is 44.6 Å². The van der Waals surface area contributed by atoms with Gasteiger partial charge < -0.3 is 5.32 Å². The molecule has 17 heavy (non-hydrogen) atoms. The molecule has 0 aromatic carbocycles. The average Bonchev–Trinajstić information content (AvgIpc) is 3.09. The first-order valence-corrected chi connectivity index (χ1v) is 6.90. The summed E-state index contributed by atoms with van der Waals surface area (Å²) in [5, 5.41) is 3.61. The Balaban J connectivity index is 1.73. The molecule has 2 heteroatoms. The Morgan fingerprint density at radius 1 is 1.35 bits per heavy atom. The molecular weight excluding hydrogens is 208 g/mol. The van der Waals surface area contributed by atoms with E-state index in [4.69, 9.17) is 0 Å². The second kappa shape index (κ2) is 4.09. The number of rotatable bonds is 5. The maximum atomic E-state index is 4.30. The lowest BCUT2D eigenvalue weighted by molar-refractivity contribution is 0.116. The van der Waals surface area contributed by atoms with Crippen molar-refractivity contribution in [1.82, 2.24) is 10.3 Å². The van der Waals surface area contributed by atoms with Gasteiger partial charge in [-0.25, -0.2) is 0 Å². The molecule has 1 N–H and O–H groups in total. The summed E-state index contributed by atoms with van der Waals surface area (Å²) in [6, 6.07) is 4.34. The number of nitrogens with one attached hydrogen (secondary N) is 1. The molecule has 2 nitrogen and oxygen atoms in total. The van der Waals surface area contributed by atoms with E-state index in [0.717, 1.165) is 18.5 Å². The van der Waals surface area contributed by atoms with Crippen LogP contribution >= 0.6 is 0 Å². The smallest absolute Gasteiger partial charge is 0.0306 e. The molecule has 2 fully saturated rings. The third-order valence-electron chi connectivity index (χ3n) is 4.55. The summed E-state index contributed by atoms with van der Waals surface area (Å²) in [5.74, 6) is 0. The second-order valence-electron chi connectivity index (χ2n) is 6.05. The molecule has 0 amide bonds. The Morgan fingerprint density at radius 3 is 2.76 bits per heavy atom. The second-order valence-corrected chi connectivity index (χ2v) is 6.05. The standard InChI is InChI=1S/C15H22N2/c1-2-7-17-12-15(10-14(11-15)5-6-14)13-4-3-8-16-9-13/h3-4,8-9,17H,2,5-7,10-12H2,1H3. The Kier molecular flexibility index (Phi) is 2.70. The summed E-state index contributed by atoms with van der Waals surface area (Å²) < 4.78 is 0. The summed E-state index contributed by atoms with van der Waals surface area (Å²) in [6.07, 6.45) is 10.8. The normalized spacial score (nSPS) is 23.4. The van der Waals surface area contributed by atoms with Gasteiger partial charge in [-0.15, -0.1) is 0 Å². The highest BCUT2D eigenvalue weighted by Crippen LogP contribution is 2.68. The minimum atomic E-state index is 0.389. The van der Waals surface area contributed by atoms with Gasteiger partial charge in [-0.05, 0) is 55.7 Å². The van der Waals surface area contributed by atoms with Crippen LogP contribution in [0.5, 0.6) is 0 Å². The van der Waals surface area contributed by atoms with E-state index in [1.807, 2.05) is 6.20 Å². The highest BCUT2D eigenvalue weighted by atomic mass is 14.9. The van der Waals surface area contributed by atoms with Crippen molar-refractivity contribution in [2.75, 3.05) is 13.1 Å². The van der Waals surface area contributed by atoms with E-state index < -0.39 is 0 Å². The van der Waals surface area contributed by atoms with Gasteiger partial charge in [-0.2, -0.15) is 0 Å². The van der Waals surface area contributed by atoms with E-state index in [-0.39, 0.29) is 0 Å². The van der Waals surface area contributed by atoms with Crippen molar-refractivity contribution in [1.29, 1.82) is 0 Å². The molecule has 3 rings (SSSR count). The minimum Gasteiger partial charge on any atom is -0.316 e. The summed E-state index contributed by atoms with van der Waals surface area (Å²) in [4.78, 5) is 4.30. The van der Waals surface area contributed by atoms with Gasteiger partial charge in [0.2, 0.25) is 0 Å². The molecule has 0 radical (unpaired) electrons. The number of nitrogens with zero attached hydrogens (tertiary/aromatic N) is 1. The number of hydrogen-bond acceptors (Lipinski definition) is 2. The first-order valence-electron chi connectivity index (χ1n) is 6.90. The van der Waals surface area contributed by atoms with Crippen molar-refractivity contribution in [2.24, 2.45) is 5.41 Å². The van der Waals surface area contributed by atoms with Crippen molar-refractivity contribution in [3.05, 3.63) is 30.1 Å². The Labute approximate surface area is 104 Å². The third kappa shape index (κ3) is 1.99. The third-order valence-corrected chi connectivity index (χ3v) is 4.55. The molecule has 1 heterocycles. The van der Waals surface area contributed by atoms with Gasteiger partial charge in [-0.3, -0.25) is 4.98 Å². The number of aromatic nitrogens is 1. The van der Waals surface area contributed by atoms with Crippen LogP contribution < -0.4 is 5.32 Å². The Morgan fingerprint density at radius 2 is 2.18 bits per heavy atom. The molecule has 0 aliphatic heterocycles. The lowest BCUT2D eigenvalue weighted by Crippen LogP contribution is -2.49. The van der Waals surface area contributed by atoms with Gasteiger partial charge in [0.25, 0.3) is 0 Å². The highest BCUT2D eigenvalue weighted by Gasteiger charge is 2.60. The van der Waals surface area contributed by atoms with Crippen LogP contribution in [0.4, 0.5) is 0 Å². The van der Waals surface area contributed by atoms with Gasteiger partial charge in [0.1, 0.15) is 0 Å². The molecule has 0 unspecified atom stereocenters. The molecule has 0 atom stereocenters. The zero-order valence-electron chi connectivity index (χ0n) is 10.7. The predicted molar refractivity (Wildman–Crippen MR) is 70.0 cm³/mol. The molecular formula is C15H22N2. The first-order chi connectivity index (χ1) is 8.29. The van der Waals surface area contributed by atoms with Crippen LogP contribution in [0.15, 0.2) is 24.5 Å². The van der Waals surface area contributed by atoms with Crippen LogP contribution in [-0.2, 0) is 5.41 Å². The Hall–Kier alpha value is -0.890. The molecule has 1 spiro atoms. The summed E-state index contributed by atoms with van der Waals surface area (Å²) in [7, 11) is 0. The van der Waals surface area contributed by atoms with Crippen molar-refractivity contribution in [2.45, 2.75) is 44.4 Å². The van der Waals surface area contributed by atoms with E-state index in [1.165, 1.54) is 37.7 Å². The molecule has 1 aromatic rings. The van der Waals surface area contributed by atoms with Gasteiger partial charge in [0.05, 0.1) is 0 Å². The zero-order chi connectivity index (χ0) is 11.8. The fourth-order valence-electron chi connectivity index (χ4n) is 3.53. The Bertz CT molecular complexity index is 373. The largest absolute Gasteiger partial charge is 0.316 e. The van der Waals surface area contributed by atoms with Crippen molar-refractivity contribution < 1.29 is 0 Å². The van der Waals surface area contributed by atoms with Crippen molar-refractivity contribution >= 4 is 0 Å². The fraction of sp³-hybridized carbons (Fsp3) is 0.667. The van der Waals surface area contributed by atoms with Gasteiger partial charge in [0, 0.05) is 24.4 Å². The zero-order valence-corrected chi connectivity index (χ0v) is 10.7. The van der Waals surface area contributed by atoms with Crippen LogP contribution in [-0.4, -0.2) is 18.1 Å². The molecule has 1 aromatic heterocycles. The van der Waals surface area contributed by atoms with Crippen LogP contribution in [0.2, 0.25) is 0 Å². The summed E-state index contributed by atoms with van der Waals surface area (Å²) >= 11 is 0. The van der Waals surface area contributed by atoms with Crippen molar-refractivity contribution in [3.8, 4) is 0 Å². The quantitative estimate of drug-likeness (QED) is 0.787.